The summed E-state index contributed by atoms with van der Waals surface area (Å²) in [6.45, 7) is 7.24. The standard InChI is InChI=1S/C20H31F3N6O2/c1-3-24-18(28-16-8-12-29(13-9-16)19(30)31-4-2)26-11-5-10-25-17-7-6-15(14-27-17)20(21,22)23/h6-7,14,16H,3-5,8-13H2,1-2H3,(H,25,27)(H2,24,26,28). The first-order chi connectivity index (χ1) is 14.8. The van der Waals surface area contributed by atoms with Gasteiger partial charge in [-0.2, -0.15) is 13.2 Å². The first-order valence-electron chi connectivity index (χ1n) is 10.6. The summed E-state index contributed by atoms with van der Waals surface area (Å²) in [5.41, 5.74) is -0.767. The zero-order valence-corrected chi connectivity index (χ0v) is 18.0. The average molecular weight is 445 g/mol. The molecule has 0 saturated carbocycles. The summed E-state index contributed by atoms with van der Waals surface area (Å²) in [6.07, 6.45) is -1.52. The first-order valence-corrected chi connectivity index (χ1v) is 10.6. The van der Waals surface area contributed by atoms with E-state index in [2.05, 4.69) is 25.9 Å². The number of likely N-dealkylation sites (tertiary alicyclic amines) is 1. The number of pyridine rings is 1. The van der Waals surface area contributed by atoms with Crippen molar-refractivity contribution < 1.29 is 22.7 Å². The van der Waals surface area contributed by atoms with Crippen LogP contribution in [0.15, 0.2) is 23.3 Å². The minimum absolute atomic E-state index is 0.220. The SMILES string of the molecule is CCNC(=NCCCNc1ccc(C(F)(F)F)cn1)NC1CCN(C(=O)OCC)CC1. The van der Waals surface area contributed by atoms with Crippen molar-refractivity contribution in [1.82, 2.24) is 20.5 Å². The molecular weight excluding hydrogens is 413 g/mol. The smallest absolute Gasteiger partial charge is 0.417 e. The average Bonchev–Trinajstić information content (AvgIpc) is 2.74. The molecule has 2 rings (SSSR count). The molecule has 3 N–H and O–H groups in total. The highest BCUT2D eigenvalue weighted by molar-refractivity contribution is 5.80. The number of halogens is 3. The number of nitrogens with one attached hydrogen (secondary N) is 3. The van der Waals surface area contributed by atoms with Crippen LogP contribution in [0.1, 0.15) is 38.7 Å². The van der Waals surface area contributed by atoms with E-state index in [4.69, 9.17) is 4.74 Å². The van der Waals surface area contributed by atoms with Gasteiger partial charge in [0.15, 0.2) is 5.96 Å². The molecule has 1 amide bonds. The molecule has 0 aromatic carbocycles. The van der Waals surface area contributed by atoms with Gasteiger partial charge in [-0.05, 0) is 45.2 Å². The third-order valence-electron chi connectivity index (χ3n) is 4.71. The maximum Gasteiger partial charge on any atom is 0.417 e. The zero-order chi connectivity index (χ0) is 22.7. The fourth-order valence-electron chi connectivity index (χ4n) is 3.09. The molecule has 1 aromatic rings. The van der Waals surface area contributed by atoms with Gasteiger partial charge in [0.25, 0.3) is 0 Å². The predicted octanol–water partition coefficient (Wildman–Crippen LogP) is 3.08. The van der Waals surface area contributed by atoms with E-state index >= 15 is 0 Å². The predicted molar refractivity (Wildman–Crippen MR) is 113 cm³/mol. The van der Waals surface area contributed by atoms with Crippen LogP contribution in [-0.4, -0.2) is 67.3 Å². The number of hydrogen-bond acceptors (Lipinski definition) is 5. The van der Waals surface area contributed by atoms with E-state index in [0.29, 0.717) is 51.0 Å². The number of amides is 1. The Balaban J connectivity index is 1.72. The summed E-state index contributed by atoms with van der Waals surface area (Å²) < 4.78 is 42.7. The van der Waals surface area contributed by atoms with E-state index in [9.17, 15) is 18.0 Å². The fourth-order valence-corrected chi connectivity index (χ4v) is 3.09. The van der Waals surface area contributed by atoms with Crippen LogP contribution in [0.2, 0.25) is 0 Å². The number of nitrogens with zero attached hydrogens (tertiary/aromatic N) is 3. The van der Waals surface area contributed by atoms with Crippen LogP contribution >= 0.6 is 0 Å². The van der Waals surface area contributed by atoms with Gasteiger partial charge in [-0.25, -0.2) is 9.78 Å². The lowest BCUT2D eigenvalue weighted by molar-refractivity contribution is -0.137. The van der Waals surface area contributed by atoms with Gasteiger partial charge >= 0.3 is 12.3 Å². The molecule has 1 fully saturated rings. The molecule has 0 atom stereocenters. The highest BCUT2D eigenvalue weighted by Gasteiger charge is 2.30. The van der Waals surface area contributed by atoms with Gasteiger partial charge in [-0.1, -0.05) is 0 Å². The third-order valence-corrected chi connectivity index (χ3v) is 4.71. The van der Waals surface area contributed by atoms with Crippen molar-refractivity contribution in [2.24, 2.45) is 4.99 Å². The number of rotatable bonds is 8. The summed E-state index contributed by atoms with van der Waals surface area (Å²) in [4.78, 5) is 21.8. The van der Waals surface area contributed by atoms with Crippen LogP contribution in [0, 0.1) is 0 Å². The Labute approximate surface area is 180 Å². The summed E-state index contributed by atoms with van der Waals surface area (Å²) in [5.74, 6) is 1.11. The molecule has 0 aliphatic carbocycles. The molecule has 1 aliphatic heterocycles. The second-order valence-corrected chi connectivity index (χ2v) is 7.08. The van der Waals surface area contributed by atoms with E-state index < -0.39 is 11.7 Å². The lowest BCUT2D eigenvalue weighted by Gasteiger charge is -2.32. The number of piperidine rings is 1. The summed E-state index contributed by atoms with van der Waals surface area (Å²) in [5, 5.41) is 9.60. The number of anilines is 1. The number of carbonyl (C=O) groups excluding carboxylic acids is 1. The first kappa shape index (κ1) is 24.5. The van der Waals surface area contributed by atoms with Crippen molar-refractivity contribution >= 4 is 17.9 Å². The van der Waals surface area contributed by atoms with Crippen LogP contribution in [0.3, 0.4) is 0 Å². The topological polar surface area (TPSA) is 90.9 Å². The Morgan fingerprint density at radius 1 is 1.29 bits per heavy atom. The Bertz CT molecular complexity index is 704. The van der Waals surface area contributed by atoms with E-state index in [0.717, 1.165) is 31.6 Å². The van der Waals surface area contributed by atoms with Crippen LogP contribution in [0.25, 0.3) is 0 Å². The number of carbonyl (C=O) groups is 1. The quantitative estimate of drug-likeness (QED) is 0.324. The second kappa shape index (κ2) is 12.2. The molecule has 0 spiro atoms. The number of hydrogen-bond donors (Lipinski definition) is 3. The summed E-state index contributed by atoms with van der Waals surface area (Å²) in [7, 11) is 0. The molecule has 31 heavy (non-hydrogen) atoms. The van der Waals surface area contributed by atoms with E-state index in [-0.39, 0.29) is 12.1 Å². The fraction of sp³-hybridized carbons (Fsp3) is 0.650. The molecule has 8 nitrogen and oxygen atoms in total. The van der Waals surface area contributed by atoms with Crippen molar-refractivity contribution in [2.75, 3.05) is 44.6 Å². The highest BCUT2D eigenvalue weighted by atomic mass is 19.4. The largest absolute Gasteiger partial charge is 0.450 e. The molecule has 1 aromatic heterocycles. The lowest BCUT2D eigenvalue weighted by atomic mass is 10.1. The Hall–Kier alpha value is -2.72. The Morgan fingerprint density at radius 2 is 2.03 bits per heavy atom. The summed E-state index contributed by atoms with van der Waals surface area (Å²) >= 11 is 0. The van der Waals surface area contributed by atoms with Crippen LogP contribution in [0.5, 0.6) is 0 Å². The van der Waals surface area contributed by atoms with Crippen LogP contribution in [0.4, 0.5) is 23.8 Å². The molecule has 2 heterocycles. The molecular formula is C20H31F3N6O2. The van der Waals surface area contributed by atoms with Crippen molar-refractivity contribution in [2.45, 2.75) is 45.3 Å². The van der Waals surface area contributed by atoms with Gasteiger partial charge in [0, 0.05) is 45.0 Å². The Morgan fingerprint density at radius 3 is 2.61 bits per heavy atom. The minimum atomic E-state index is -4.38. The van der Waals surface area contributed by atoms with E-state index in [1.165, 1.54) is 6.07 Å². The minimum Gasteiger partial charge on any atom is -0.450 e. The molecule has 1 aliphatic rings. The Kier molecular flexibility index (Phi) is 9.67. The maximum atomic E-state index is 12.6. The molecule has 11 heteroatoms. The van der Waals surface area contributed by atoms with Crippen molar-refractivity contribution in [3.63, 3.8) is 0 Å². The third kappa shape index (κ3) is 8.50. The van der Waals surface area contributed by atoms with Crippen molar-refractivity contribution in [1.29, 1.82) is 0 Å². The van der Waals surface area contributed by atoms with Gasteiger partial charge in [-0.15, -0.1) is 0 Å². The zero-order valence-electron chi connectivity index (χ0n) is 18.0. The molecule has 0 radical (unpaired) electrons. The monoisotopic (exact) mass is 444 g/mol. The number of guanidine groups is 1. The van der Waals surface area contributed by atoms with Gasteiger partial charge < -0.3 is 25.6 Å². The normalized spacial score (nSPS) is 15.5. The second-order valence-electron chi connectivity index (χ2n) is 7.08. The number of aromatic nitrogens is 1. The molecule has 0 bridgehead atoms. The molecule has 1 saturated heterocycles. The van der Waals surface area contributed by atoms with Crippen molar-refractivity contribution in [3.05, 3.63) is 23.9 Å². The maximum absolute atomic E-state index is 12.6. The molecule has 0 unspecified atom stereocenters. The van der Waals surface area contributed by atoms with Crippen molar-refractivity contribution in [3.8, 4) is 0 Å². The van der Waals surface area contributed by atoms with Crippen LogP contribution in [-0.2, 0) is 10.9 Å². The van der Waals surface area contributed by atoms with Gasteiger partial charge in [0.05, 0.1) is 12.2 Å². The van der Waals surface area contributed by atoms with E-state index in [1.54, 1.807) is 11.8 Å². The summed E-state index contributed by atoms with van der Waals surface area (Å²) in [6, 6.07) is 2.55. The van der Waals surface area contributed by atoms with Crippen LogP contribution < -0.4 is 16.0 Å². The number of alkyl halides is 3. The number of ether oxygens (including phenoxy) is 1. The lowest BCUT2D eigenvalue weighted by Crippen LogP contribution is -2.50. The van der Waals surface area contributed by atoms with Gasteiger partial charge in [0.1, 0.15) is 5.82 Å². The van der Waals surface area contributed by atoms with Gasteiger partial charge in [-0.3, -0.25) is 4.99 Å². The highest BCUT2D eigenvalue weighted by Crippen LogP contribution is 2.28. The number of aliphatic imine (C=N–C) groups is 1. The van der Waals surface area contributed by atoms with Gasteiger partial charge in [0.2, 0.25) is 0 Å². The van der Waals surface area contributed by atoms with E-state index in [1.807, 2.05) is 6.92 Å². The molecule has 174 valence electrons.